The number of hydrogen-bond donors (Lipinski definition) is 2. The molecule has 2 amide bonds. The van der Waals surface area contributed by atoms with E-state index in [2.05, 4.69) is 5.32 Å². The lowest BCUT2D eigenvalue weighted by Gasteiger charge is -2.12. The van der Waals surface area contributed by atoms with Gasteiger partial charge in [0.1, 0.15) is 0 Å². The molecule has 0 fully saturated rings. The minimum atomic E-state index is -0.559. The summed E-state index contributed by atoms with van der Waals surface area (Å²) in [5.41, 5.74) is 6.97. The molecule has 0 saturated carbocycles. The fourth-order valence-electron chi connectivity index (χ4n) is 2.17. The standard InChI is InChI=1S/C17H20N2O4S/c1-3-12-6-7-24-16(12)17(21)19-9-11-4-5-13(14(8-11)22-2)23-10-15(18)20/h4-8H,3,9-10H2,1-2H3,(H2,18,20)(H,19,21). The molecule has 0 unspecified atom stereocenters. The zero-order valence-electron chi connectivity index (χ0n) is 13.6. The molecule has 7 heteroatoms. The fraction of sp³-hybridized carbons (Fsp3) is 0.294. The van der Waals surface area contributed by atoms with Gasteiger partial charge in [0.2, 0.25) is 0 Å². The third-order valence-electron chi connectivity index (χ3n) is 3.38. The van der Waals surface area contributed by atoms with Crippen LogP contribution in [0.4, 0.5) is 0 Å². The molecular formula is C17H20N2O4S. The maximum Gasteiger partial charge on any atom is 0.261 e. The van der Waals surface area contributed by atoms with Gasteiger partial charge < -0.3 is 20.5 Å². The van der Waals surface area contributed by atoms with Gasteiger partial charge in [-0.3, -0.25) is 9.59 Å². The predicted octanol–water partition coefficient (Wildman–Crippen LogP) is 2.11. The van der Waals surface area contributed by atoms with Crippen molar-refractivity contribution in [3.05, 3.63) is 45.6 Å². The van der Waals surface area contributed by atoms with Crippen LogP contribution in [0, 0.1) is 0 Å². The Morgan fingerprint density at radius 1 is 1.25 bits per heavy atom. The lowest BCUT2D eigenvalue weighted by Crippen LogP contribution is -2.23. The number of ether oxygens (including phenoxy) is 2. The largest absolute Gasteiger partial charge is 0.493 e. The number of carbonyl (C=O) groups is 2. The summed E-state index contributed by atoms with van der Waals surface area (Å²) in [6, 6.07) is 7.21. The molecule has 0 aliphatic carbocycles. The summed E-state index contributed by atoms with van der Waals surface area (Å²) >= 11 is 1.44. The van der Waals surface area contributed by atoms with Crippen molar-refractivity contribution >= 4 is 23.2 Å². The zero-order valence-corrected chi connectivity index (χ0v) is 14.4. The van der Waals surface area contributed by atoms with Crippen LogP contribution in [0.2, 0.25) is 0 Å². The monoisotopic (exact) mass is 348 g/mol. The number of nitrogens with one attached hydrogen (secondary N) is 1. The van der Waals surface area contributed by atoms with E-state index in [4.69, 9.17) is 15.2 Å². The first kappa shape index (κ1) is 17.8. The highest BCUT2D eigenvalue weighted by Gasteiger charge is 2.12. The van der Waals surface area contributed by atoms with Gasteiger partial charge in [-0.2, -0.15) is 0 Å². The average Bonchev–Trinajstić information content (AvgIpc) is 3.06. The summed E-state index contributed by atoms with van der Waals surface area (Å²) in [5.74, 6) is 0.261. The predicted molar refractivity (Wildman–Crippen MR) is 92.6 cm³/mol. The summed E-state index contributed by atoms with van der Waals surface area (Å²) in [6.07, 6.45) is 0.825. The van der Waals surface area contributed by atoms with Crippen LogP contribution in [0.1, 0.15) is 27.7 Å². The quantitative estimate of drug-likeness (QED) is 0.764. The zero-order chi connectivity index (χ0) is 17.5. The summed E-state index contributed by atoms with van der Waals surface area (Å²) in [6.45, 7) is 2.17. The van der Waals surface area contributed by atoms with E-state index in [9.17, 15) is 9.59 Å². The van der Waals surface area contributed by atoms with Gasteiger partial charge in [-0.05, 0) is 41.1 Å². The lowest BCUT2D eigenvalue weighted by molar-refractivity contribution is -0.119. The van der Waals surface area contributed by atoms with Gasteiger partial charge in [0.05, 0.1) is 12.0 Å². The van der Waals surface area contributed by atoms with Crippen molar-refractivity contribution in [2.45, 2.75) is 19.9 Å². The van der Waals surface area contributed by atoms with Crippen molar-refractivity contribution in [3.63, 3.8) is 0 Å². The number of aryl methyl sites for hydroxylation is 1. The maximum atomic E-state index is 12.2. The molecule has 1 aromatic carbocycles. The minimum Gasteiger partial charge on any atom is -0.493 e. The van der Waals surface area contributed by atoms with Gasteiger partial charge in [-0.25, -0.2) is 0 Å². The van der Waals surface area contributed by atoms with E-state index in [1.807, 2.05) is 18.4 Å². The smallest absolute Gasteiger partial charge is 0.261 e. The normalized spacial score (nSPS) is 10.2. The molecule has 0 aliphatic rings. The van der Waals surface area contributed by atoms with Gasteiger partial charge in [0.25, 0.3) is 11.8 Å². The fourth-order valence-corrected chi connectivity index (χ4v) is 3.08. The summed E-state index contributed by atoms with van der Waals surface area (Å²) in [5, 5.41) is 4.82. The highest BCUT2D eigenvalue weighted by atomic mass is 32.1. The number of thiophene rings is 1. The van der Waals surface area contributed by atoms with Gasteiger partial charge in [-0.15, -0.1) is 11.3 Å². The minimum absolute atomic E-state index is 0.0881. The highest BCUT2D eigenvalue weighted by Crippen LogP contribution is 2.28. The number of methoxy groups -OCH3 is 1. The molecule has 1 aromatic heterocycles. The Balaban J connectivity index is 2.02. The van der Waals surface area contributed by atoms with Gasteiger partial charge in [0, 0.05) is 6.54 Å². The molecule has 1 heterocycles. The second kappa shape index (κ2) is 8.35. The van der Waals surface area contributed by atoms with Crippen molar-refractivity contribution in [1.29, 1.82) is 0 Å². The Bertz CT molecular complexity index is 727. The molecule has 0 radical (unpaired) electrons. The maximum absolute atomic E-state index is 12.2. The highest BCUT2D eigenvalue weighted by molar-refractivity contribution is 7.12. The number of nitrogens with two attached hydrogens (primary N) is 1. The Labute approximate surface area is 144 Å². The van der Waals surface area contributed by atoms with Crippen molar-refractivity contribution in [2.75, 3.05) is 13.7 Å². The van der Waals surface area contributed by atoms with Gasteiger partial charge in [0.15, 0.2) is 18.1 Å². The first-order valence-electron chi connectivity index (χ1n) is 7.47. The SMILES string of the molecule is CCc1ccsc1C(=O)NCc1ccc(OCC(N)=O)c(OC)c1. The van der Waals surface area contributed by atoms with Crippen LogP contribution in [-0.2, 0) is 17.8 Å². The first-order valence-corrected chi connectivity index (χ1v) is 8.35. The molecule has 0 spiro atoms. The Morgan fingerprint density at radius 3 is 2.71 bits per heavy atom. The van der Waals surface area contributed by atoms with Crippen LogP contribution in [0.25, 0.3) is 0 Å². The number of hydrogen-bond acceptors (Lipinski definition) is 5. The second-order valence-corrected chi connectivity index (χ2v) is 5.97. The third kappa shape index (κ3) is 4.48. The number of carbonyl (C=O) groups excluding carboxylic acids is 2. The molecule has 3 N–H and O–H groups in total. The van der Waals surface area contributed by atoms with Gasteiger partial charge >= 0.3 is 0 Å². The van der Waals surface area contributed by atoms with E-state index in [0.29, 0.717) is 18.0 Å². The van der Waals surface area contributed by atoms with Crippen LogP contribution in [0.15, 0.2) is 29.6 Å². The average molecular weight is 348 g/mol. The summed E-state index contributed by atoms with van der Waals surface area (Å²) in [4.78, 5) is 23.8. The molecule has 0 atom stereocenters. The van der Waals surface area contributed by atoms with E-state index in [1.54, 1.807) is 18.2 Å². The molecule has 2 aromatic rings. The topological polar surface area (TPSA) is 90.6 Å². The molecule has 2 rings (SSSR count). The third-order valence-corrected chi connectivity index (χ3v) is 4.34. The molecule has 128 valence electrons. The van der Waals surface area contributed by atoms with Crippen molar-refractivity contribution < 1.29 is 19.1 Å². The van der Waals surface area contributed by atoms with Crippen molar-refractivity contribution in [3.8, 4) is 11.5 Å². The molecule has 6 nitrogen and oxygen atoms in total. The number of amides is 2. The van der Waals surface area contributed by atoms with E-state index in [1.165, 1.54) is 18.4 Å². The van der Waals surface area contributed by atoms with Crippen molar-refractivity contribution in [1.82, 2.24) is 5.32 Å². The van der Waals surface area contributed by atoms with Crippen LogP contribution in [0.5, 0.6) is 11.5 Å². The molecule has 24 heavy (non-hydrogen) atoms. The second-order valence-electron chi connectivity index (χ2n) is 5.05. The molecule has 0 bridgehead atoms. The van der Waals surface area contributed by atoms with Gasteiger partial charge in [-0.1, -0.05) is 13.0 Å². The number of primary amides is 1. The lowest BCUT2D eigenvalue weighted by atomic mass is 10.2. The molecular weight excluding hydrogens is 328 g/mol. The van der Waals surface area contributed by atoms with Crippen LogP contribution in [0.3, 0.4) is 0 Å². The Morgan fingerprint density at radius 2 is 2.04 bits per heavy atom. The van der Waals surface area contributed by atoms with Crippen molar-refractivity contribution in [2.24, 2.45) is 5.73 Å². The summed E-state index contributed by atoms with van der Waals surface area (Å²) < 4.78 is 10.5. The van der Waals surface area contributed by atoms with E-state index >= 15 is 0 Å². The molecule has 0 aliphatic heterocycles. The van der Waals surface area contributed by atoms with E-state index in [-0.39, 0.29) is 12.5 Å². The van der Waals surface area contributed by atoms with Crippen LogP contribution < -0.4 is 20.5 Å². The molecule has 0 saturated heterocycles. The van der Waals surface area contributed by atoms with Crippen LogP contribution >= 0.6 is 11.3 Å². The number of benzene rings is 1. The van der Waals surface area contributed by atoms with E-state index in [0.717, 1.165) is 22.4 Å². The number of rotatable bonds is 8. The Hall–Kier alpha value is -2.54. The Kier molecular flexibility index (Phi) is 6.20. The van der Waals surface area contributed by atoms with Crippen LogP contribution in [-0.4, -0.2) is 25.5 Å². The summed E-state index contributed by atoms with van der Waals surface area (Å²) in [7, 11) is 1.51. The first-order chi connectivity index (χ1) is 11.5. The van der Waals surface area contributed by atoms with E-state index < -0.39 is 5.91 Å².